The van der Waals surface area contributed by atoms with E-state index in [9.17, 15) is 114 Å². The summed E-state index contributed by atoms with van der Waals surface area (Å²) in [6, 6.07) is 0. The largest absolute Gasteiger partial charge is 0.392 e. The van der Waals surface area contributed by atoms with Crippen LogP contribution in [0, 0.1) is 0 Å². The second kappa shape index (κ2) is 44.4. The van der Waals surface area contributed by atoms with Crippen molar-refractivity contribution in [1.29, 1.82) is 0 Å². The first-order chi connectivity index (χ1) is 43.4. The average Bonchev–Trinajstić information content (AvgIpc) is 0.903. The minimum atomic E-state index is -1.35. The topological polar surface area (TPSA) is 478 Å². The summed E-state index contributed by atoms with van der Waals surface area (Å²) < 4.78 is 0. The molecule has 0 aromatic carbocycles. The molecule has 11 amide bonds. The molecule has 0 heterocycles. The standard InChI is InChI=1S/C59H110N12O23/c1-37(72)14-60-15-49(84)62(17-39(3)74)28-51(86)64(19-41(5)76)30-53(88)66(21-43(7)78)32-55(90)68(23-45(9)80)34-57(92)70(25-47(11)82)36-59(94)71(26-48(12)83)35-58(93)69(24-46(10)81)33-56(91)67(22-44(8)79)31-54(89)65(20-42(6)77)29-52(87)63(18-40(4)75)27-50(85)61(13)16-38(2)73/h37-48,60,72-83H,14-36H2,1-13H3. The molecule has 0 radical (unpaired) electrons. The molecule has 0 aliphatic rings. The van der Waals surface area contributed by atoms with Crippen molar-refractivity contribution < 1.29 is 114 Å². The van der Waals surface area contributed by atoms with Gasteiger partial charge in [0.1, 0.15) is 0 Å². The van der Waals surface area contributed by atoms with Crippen LogP contribution >= 0.6 is 0 Å². The highest BCUT2D eigenvalue weighted by Gasteiger charge is 2.35. The second-order valence-electron chi connectivity index (χ2n) is 24.8. The van der Waals surface area contributed by atoms with Gasteiger partial charge in [0.15, 0.2) is 0 Å². The molecule has 544 valence electrons. The molecule has 0 saturated heterocycles. The monoisotopic (exact) mass is 1350 g/mol. The maximum absolute atomic E-state index is 14.3. The highest BCUT2D eigenvalue weighted by molar-refractivity contribution is 5.95. The van der Waals surface area contributed by atoms with Crippen LogP contribution in [0.1, 0.15) is 83.1 Å². The van der Waals surface area contributed by atoms with Crippen LogP contribution in [0.5, 0.6) is 0 Å². The number of hydrogen-bond acceptors (Lipinski definition) is 24. The molecule has 0 spiro atoms. The maximum Gasteiger partial charge on any atom is 0.242 e. The molecule has 12 atom stereocenters. The predicted octanol–water partition coefficient (Wildman–Crippen LogP) is -9.11. The van der Waals surface area contributed by atoms with Gasteiger partial charge in [0.25, 0.3) is 0 Å². The molecule has 35 heteroatoms. The molecule has 13 N–H and O–H groups in total. The average molecular weight is 1360 g/mol. The third-order valence-corrected chi connectivity index (χ3v) is 13.3. The van der Waals surface area contributed by atoms with Crippen LogP contribution in [-0.2, 0) is 52.7 Å². The van der Waals surface area contributed by atoms with Crippen LogP contribution in [0.2, 0.25) is 0 Å². The van der Waals surface area contributed by atoms with Gasteiger partial charge in [-0.3, -0.25) is 52.7 Å². The Bertz CT molecular complexity index is 2380. The van der Waals surface area contributed by atoms with Gasteiger partial charge in [-0.15, -0.1) is 0 Å². The van der Waals surface area contributed by atoms with E-state index in [-0.39, 0.29) is 32.7 Å². The SMILES string of the molecule is CC(O)CNCC(=O)N(CC(=O)N(CC(=O)N(CC(=O)N(CC(=O)N(CC(=O)N(CC(=O)N(CC(=O)N(CC(=O)N(CC(=O)N(CC(=O)N(C)CC(C)O)CC(C)O)CC(C)O)CC(C)O)CC(C)O)CC(C)O)CC(C)O)CC(C)O)CC(C)O)CC(C)O)CC(C)O. The Morgan fingerprint density at radius 1 is 0.223 bits per heavy atom. The Labute approximate surface area is 550 Å². The van der Waals surface area contributed by atoms with E-state index in [0.717, 1.165) is 53.9 Å². The smallest absolute Gasteiger partial charge is 0.242 e. The first kappa shape index (κ1) is 87.7. The number of likely N-dealkylation sites (N-methyl/N-ethyl adjacent to an activating group) is 1. The van der Waals surface area contributed by atoms with Gasteiger partial charge in [0.2, 0.25) is 65.0 Å². The molecule has 0 bridgehead atoms. The first-order valence-corrected chi connectivity index (χ1v) is 31.3. The van der Waals surface area contributed by atoms with Crippen molar-refractivity contribution in [3.63, 3.8) is 0 Å². The second-order valence-corrected chi connectivity index (χ2v) is 24.8. The number of carbonyl (C=O) groups excluding carboxylic acids is 11. The number of hydrogen-bond donors (Lipinski definition) is 13. The fourth-order valence-electron chi connectivity index (χ4n) is 9.39. The van der Waals surface area contributed by atoms with E-state index in [1.54, 1.807) is 0 Å². The van der Waals surface area contributed by atoms with E-state index >= 15 is 0 Å². The van der Waals surface area contributed by atoms with Gasteiger partial charge in [-0.05, 0) is 83.1 Å². The summed E-state index contributed by atoms with van der Waals surface area (Å²) >= 11 is 0. The summed E-state index contributed by atoms with van der Waals surface area (Å²) in [6.07, 6.45) is -14.4. The zero-order valence-corrected chi connectivity index (χ0v) is 57.0. The third-order valence-electron chi connectivity index (χ3n) is 13.3. The zero-order valence-electron chi connectivity index (χ0n) is 57.0. The van der Waals surface area contributed by atoms with Crippen LogP contribution in [0.3, 0.4) is 0 Å². The van der Waals surface area contributed by atoms with Gasteiger partial charge >= 0.3 is 0 Å². The lowest BCUT2D eigenvalue weighted by Gasteiger charge is -2.34. The molecular weight excluding hydrogens is 1240 g/mol. The summed E-state index contributed by atoms with van der Waals surface area (Å²) in [7, 11) is 1.39. The van der Waals surface area contributed by atoms with Gasteiger partial charge in [-0.25, -0.2) is 0 Å². The number of amides is 11. The van der Waals surface area contributed by atoms with Crippen LogP contribution < -0.4 is 5.32 Å². The number of carbonyl (C=O) groups is 11. The summed E-state index contributed by atoms with van der Waals surface area (Å²) in [4.78, 5) is 163. The Morgan fingerprint density at radius 3 is 0.500 bits per heavy atom. The number of nitrogens with one attached hydrogen (secondary N) is 1. The Kier molecular flexibility index (Phi) is 41.4. The van der Waals surface area contributed by atoms with Gasteiger partial charge < -0.3 is 120 Å². The summed E-state index contributed by atoms with van der Waals surface area (Å²) in [5.74, 6) is -9.97. The molecular formula is C59H110N12O23. The van der Waals surface area contributed by atoms with E-state index in [0.29, 0.717) is 0 Å². The van der Waals surface area contributed by atoms with E-state index in [2.05, 4.69) is 5.32 Å². The van der Waals surface area contributed by atoms with Crippen LogP contribution in [0.15, 0.2) is 0 Å². The first-order valence-electron chi connectivity index (χ1n) is 31.3. The molecule has 94 heavy (non-hydrogen) atoms. The fourth-order valence-corrected chi connectivity index (χ4v) is 9.39. The summed E-state index contributed by atoms with van der Waals surface area (Å²) in [5.41, 5.74) is 0. The molecule has 0 aliphatic heterocycles. The lowest BCUT2D eigenvalue weighted by Crippen LogP contribution is -2.55. The number of rotatable bonds is 46. The maximum atomic E-state index is 14.3. The van der Waals surface area contributed by atoms with Crippen molar-refractivity contribution in [3.05, 3.63) is 0 Å². The van der Waals surface area contributed by atoms with Crippen molar-refractivity contribution in [2.45, 2.75) is 156 Å². The molecule has 0 rings (SSSR count). The minimum Gasteiger partial charge on any atom is -0.392 e. The van der Waals surface area contributed by atoms with E-state index in [1.165, 1.54) is 90.1 Å². The lowest BCUT2D eigenvalue weighted by atomic mass is 10.2. The summed E-state index contributed by atoms with van der Waals surface area (Å²) in [5, 5.41) is 126. The van der Waals surface area contributed by atoms with Crippen molar-refractivity contribution in [3.8, 4) is 0 Å². The predicted molar refractivity (Wildman–Crippen MR) is 336 cm³/mol. The Balaban J connectivity index is 6.96. The van der Waals surface area contributed by atoms with E-state index < -0.39 is 256 Å². The molecule has 0 fully saturated rings. The minimum absolute atomic E-state index is 0.0276. The van der Waals surface area contributed by atoms with Crippen LogP contribution in [0.4, 0.5) is 0 Å². The number of aliphatic hydroxyl groups excluding tert-OH is 12. The van der Waals surface area contributed by atoms with Gasteiger partial charge in [0, 0.05) is 85.6 Å². The molecule has 0 aliphatic carbocycles. The summed E-state index contributed by atoms with van der Waals surface area (Å²) in [6.45, 7) is 2.23. The molecule has 0 aromatic heterocycles. The van der Waals surface area contributed by atoms with Crippen LogP contribution in [-0.4, -0.2) is 411 Å². The van der Waals surface area contributed by atoms with Gasteiger partial charge in [-0.1, -0.05) is 0 Å². The highest BCUT2D eigenvalue weighted by atomic mass is 16.3. The van der Waals surface area contributed by atoms with Crippen molar-refractivity contribution in [1.82, 2.24) is 59.2 Å². The number of nitrogens with zero attached hydrogens (tertiary/aromatic N) is 11. The highest BCUT2D eigenvalue weighted by Crippen LogP contribution is 2.11. The number of aliphatic hydroxyl groups is 12. The molecule has 0 saturated carbocycles. The zero-order chi connectivity index (χ0) is 72.6. The molecule has 0 aromatic rings. The van der Waals surface area contributed by atoms with Gasteiger partial charge in [0.05, 0.1) is 145 Å². The van der Waals surface area contributed by atoms with Crippen molar-refractivity contribution in [2.24, 2.45) is 0 Å². The van der Waals surface area contributed by atoms with Crippen LogP contribution in [0.25, 0.3) is 0 Å². The van der Waals surface area contributed by atoms with E-state index in [4.69, 9.17) is 0 Å². The molecule has 12 unspecified atom stereocenters. The normalized spacial score (nSPS) is 15.2. The Morgan fingerprint density at radius 2 is 0.362 bits per heavy atom. The van der Waals surface area contributed by atoms with Gasteiger partial charge in [-0.2, -0.15) is 0 Å². The lowest BCUT2D eigenvalue weighted by molar-refractivity contribution is -0.151. The Hall–Kier alpha value is -6.35. The third kappa shape index (κ3) is 37.7. The molecule has 35 nitrogen and oxygen atoms in total. The van der Waals surface area contributed by atoms with Crippen molar-refractivity contribution in [2.75, 3.05) is 158 Å². The quantitative estimate of drug-likeness (QED) is 0.0269. The van der Waals surface area contributed by atoms with E-state index in [1.807, 2.05) is 0 Å². The fraction of sp³-hybridized carbons (Fsp3) is 0.814. The van der Waals surface area contributed by atoms with Crippen molar-refractivity contribution >= 4 is 65.0 Å².